The number of hydrogen-bond donors (Lipinski definition) is 3. The highest BCUT2D eigenvalue weighted by atomic mass is 19.1. The summed E-state index contributed by atoms with van der Waals surface area (Å²) in [4.78, 5) is 40.7. The number of carbonyl (C=O) groups excluding carboxylic acids is 2. The van der Waals surface area contributed by atoms with Crippen LogP contribution in [0.2, 0.25) is 0 Å². The van der Waals surface area contributed by atoms with Crippen LogP contribution in [0.3, 0.4) is 0 Å². The Kier molecular flexibility index (Phi) is 4.93. The van der Waals surface area contributed by atoms with Crippen LogP contribution in [0.5, 0.6) is 5.75 Å². The third-order valence-corrected chi connectivity index (χ3v) is 3.83. The van der Waals surface area contributed by atoms with Crippen LogP contribution < -0.4 is 15.7 Å². The molecule has 1 atom stereocenters. The minimum atomic E-state index is -1.17. The van der Waals surface area contributed by atoms with Crippen molar-refractivity contribution in [2.75, 3.05) is 12.4 Å². The monoisotopic (exact) mass is 373 g/mol. The van der Waals surface area contributed by atoms with E-state index in [0.717, 1.165) is 6.07 Å². The molecule has 1 heterocycles. The Labute approximate surface area is 152 Å². The number of anilines is 1. The molecule has 0 aliphatic heterocycles. The summed E-state index contributed by atoms with van der Waals surface area (Å²) in [5.41, 5.74) is 0.843. The fourth-order valence-corrected chi connectivity index (χ4v) is 2.42. The van der Waals surface area contributed by atoms with E-state index in [1.54, 1.807) is 18.2 Å². The molecule has 0 saturated carbocycles. The molecule has 27 heavy (non-hydrogen) atoms. The number of imidazole rings is 1. The number of amides is 1. The van der Waals surface area contributed by atoms with E-state index in [4.69, 9.17) is 9.47 Å². The molecule has 0 spiro atoms. The maximum Gasteiger partial charge on any atom is 0.341 e. The number of ether oxygens (including phenoxy) is 2. The first-order valence-electron chi connectivity index (χ1n) is 7.95. The summed E-state index contributed by atoms with van der Waals surface area (Å²) < 4.78 is 23.8. The maximum atomic E-state index is 13.9. The fraction of sp³-hybridized carbons (Fsp3) is 0.167. The van der Waals surface area contributed by atoms with Crippen molar-refractivity contribution >= 4 is 28.6 Å². The zero-order valence-corrected chi connectivity index (χ0v) is 14.5. The van der Waals surface area contributed by atoms with Gasteiger partial charge in [0.2, 0.25) is 0 Å². The molecule has 3 rings (SSSR count). The van der Waals surface area contributed by atoms with E-state index in [9.17, 15) is 18.8 Å². The predicted octanol–water partition coefficient (Wildman–Crippen LogP) is 2.19. The van der Waals surface area contributed by atoms with Crippen molar-refractivity contribution in [3.8, 4) is 5.75 Å². The average Bonchev–Trinajstić information content (AvgIpc) is 3.00. The van der Waals surface area contributed by atoms with E-state index in [-0.39, 0.29) is 17.0 Å². The van der Waals surface area contributed by atoms with Crippen LogP contribution in [-0.2, 0) is 9.53 Å². The number of H-pyrrole nitrogens is 2. The number of carbonyl (C=O) groups is 2. The van der Waals surface area contributed by atoms with Gasteiger partial charge in [-0.05, 0) is 37.3 Å². The molecular formula is C18H16FN3O5. The van der Waals surface area contributed by atoms with Gasteiger partial charge in [-0.1, -0.05) is 0 Å². The number of rotatable bonds is 5. The summed E-state index contributed by atoms with van der Waals surface area (Å²) in [5, 5.41) is 2.57. The Morgan fingerprint density at radius 1 is 1.11 bits per heavy atom. The van der Waals surface area contributed by atoms with Crippen molar-refractivity contribution in [3.63, 3.8) is 0 Å². The quantitative estimate of drug-likeness (QED) is 0.593. The number of benzene rings is 2. The number of methoxy groups -OCH3 is 1. The zero-order valence-electron chi connectivity index (χ0n) is 14.5. The third-order valence-electron chi connectivity index (χ3n) is 3.83. The average molecular weight is 373 g/mol. The number of aromatic nitrogens is 2. The molecule has 0 saturated heterocycles. The highest BCUT2D eigenvalue weighted by Crippen LogP contribution is 2.18. The summed E-state index contributed by atoms with van der Waals surface area (Å²) in [6, 6.07) is 8.44. The number of esters is 1. The summed E-state index contributed by atoms with van der Waals surface area (Å²) in [6.45, 7) is 1.37. The van der Waals surface area contributed by atoms with Crippen LogP contribution in [0, 0.1) is 5.82 Å². The van der Waals surface area contributed by atoms with Gasteiger partial charge in [0.1, 0.15) is 11.6 Å². The second-order valence-corrected chi connectivity index (χ2v) is 5.72. The molecule has 0 radical (unpaired) electrons. The molecule has 8 nitrogen and oxygen atoms in total. The standard InChI is InChI=1S/C18H16FN3O5/c1-9(27-17(24)12-5-4-11(26-2)8-13(12)19)16(23)20-10-3-6-14-15(7-10)22-18(25)21-14/h3-9H,1-2H3,(H,20,23)(H2,21,22,25)/t9-/m0/s1. The summed E-state index contributed by atoms with van der Waals surface area (Å²) in [6.07, 6.45) is -1.17. The number of hydrogen-bond acceptors (Lipinski definition) is 5. The van der Waals surface area contributed by atoms with Crippen LogP contribution in [0.25, 0.3) is 11.0 Å². The lowest BCUT2D eigenvalue weighted by molar-refractivity contribution is -0.123. The summed E-state index contributed by atoms with van der Waals surface area (Å²) in [5.74, 6) is -2.13. The SMILES string of the molecule is COc1ccc(C(=O)O[C@@H](C)C(=O)Nc2ccc3[nH]c(=O)[nH]c3c2)c(F)c1. The first-order chi connectivity index (χ1) is 12.9. The molecule has 1 amide bonds. The van der Waals surface area contributed by atoms with Crippen molar-refractivity contribution in [2.24, 2.45) is 0 Å². The van der Waals surface area contributed by atoms with Gasteiger partial charge in [0.15, 0.2) is 6.10 Å². The maximum absolute atomic E-state index is 13.9. The van der Waals surface area contributed by atoms with Crippen LogP contribution in [-0.4, -0.2) is 35.1 Å². The van der Waals surface area contributed by atoms with Crippen LogP contribution in [0.4, 0.5) is 10.1 Å². The van der Waals surface area contributed by atoms with Crippen molar-refractivity contribution in [2.45, 2.75) is 13.0 Å². The smallest absolute Gasteiger partial charge is 0.341 e. The van der Waals surface area contributed by atoms with E-state index in [1.807, 2.05) is 0 Å². The van der Waals surface area contributed by atoms with Gasteiger partial charge >= 0.3 is 11.7 Å². The van der Waals surface area contributed by atoms with E-state index in [0.29, 0.717) is 16.7 Å². The van der Waals surface area contributed by atoms with Crippen molar-refractivity contribution in [1.29, 1.82) is 0 Å². The van der Waals surface area contributed by atoms with Gasteiger partial charge < -0.3 is 24.8 Å². The lowest BCUT2D eigenvalue weighted by atomic mass is 10.2. The van der Waals surface area contributed by atoms with E-state index < -0.39 is 23.8 Å². The molecule has 0 unspecified atom stereocenters. The predicted molar refractivity (Wildman–Crippen MR) is 95.4 cm³/mol. The second kappa shape index (κ2) is 7.32. The van der Waals surface area contributed by atoms with Crippen LogP contribution >= 0.6 is 0 Å². The Bertz CT molecular complexity index is 1070. The van der Waals surface area contributed by atoms with Gasteiger partial charge in [-0.3, -0.25) is 4.79 Å². The lowest BCUT2D eigenvalue weighted by Gasteiger charge is -2.14. The van der Waals surface area contributed by atoms with Crippen LogP contribution in [0.15, 0.2) is 41.2 Å². The molecule has 140 valence electrons. The van der Waals surface area contributed by atoms with Crippen molar-refractivity contribution in [1.82, 2.24) is 9.97 Å². The molecule has 3 N–H and O–H groups in total. The first kappa shape index (κ1) is 18.2. The molecule has 0 aliphatic rings. The Morgan fingerprint density at radius 3 is 2.56 bits per heavy atom. The van der Waals surface area contributed by atoms with Gasteiger partial charge in [-0.25, -0.2) is 14.0 Å². The molecule has 1 aromatic heterocycles. The van der Waals surface area contributed by atoms with Gasteiger partial charge in [0.05, 0.1) is 23.7 Å². The summed E-state index contributed by atoms with van der Waals surface area (Å²) in [7, 11) is 1.37. The molecular weight excluding hydrogens is 357 g/mol. The highest BCUT2D eigenvalue weighted by molar-refractivity contribution is 5.98. The summed E-state index contributed by atoms with van der Waals surface area (Å²) >= 11 is 0. The third kappa shape index (κ3) is 3.97. The fourth-order valence-electron chi connectivity index (χ4n) is 2.42. The van der Waals surface area contributed by atoms with Crippen molar-refractivity contribution in [3.05, 3.63) is 58.3 Å². The van der Waals surface area contributed by atoms with Gasteiger partial charge in [0.25, 0.3) is 5.91 Å². The second-order valence-electron chi connectivity index (χ2n) is 5.72. The number of halogens is 1. The zero-order chi connectivity index (χ0) is 19.6. The molecule has 9 heteroatoms. The minimum Gasteiger partial charge on any atom is -0.497 e. The van der Waals surface area contributed by atoms with E-state index >= 15 is 0 Å². The van der Waals surface area contributed by atoms with E-state index in [1.165, 1.54) is 26.2 Å². The Hall–Kier alpha value is -3.62. The van der Waals surface area contributed by atoms with Gasteiger partial charge in [0, 0.05) is 11.8 Å². The van der Waals surface area contributed by atoms with Crippen LogP contribution in [0.1, 0.15) is 17.3 Å². The first-order valence-corrected chi connectivity index (χ1v) is 7.95. The van der Waals surface area contributed by atoms with Crippen molar-refractivity contribution < 1.29 is 23.5 Å². The lowest BCUT2D eigenvalue weighted by Crippen LogP contribution is -2.30. The largest absolute Gasteiger partial charge is 0.497 e. The van der Waals surface area contributed by atoms with E-state index in [2.05, 4.69) is 15.3 Å². The molecule has 3 aromatic rings. The topological polar surface area (TPSA) is 113 Å². The molecule has 0 aliphatic carbocycles. The molecule has 0 fully saturated rings. The normalized spacial score (nSPS) is 11.8. The molecule has 2 aromatic carbocycles. The Morgan fingerprint density at radius 2 is 1.85 bits per heavy atom. The highest BCUT2D eigenvalue weighted by Gasteiger charge is 2.21. The number of nitrogens with one attached hydrogen (secondary N) is 3. The Balaban J connectivity index is 1.67. The van der Waals surface area contributed by atoms with Gasteiger partial charge in [-0.2, -0.15) is 0 Å². The number of fused-ring (bicyclic) bond motifs is 1. The van der Waals surface area contributed by atoms with Gasteiger partial charge in [-0.15, -0.1) is 0 Å². The minimum absolute atomic E-state index is 0.257. The number of aromatic amines is 2. The molecule has 0 bridgehead atoms.